The highest BCUT2D eigenvalue weighted by atomic mass is 16.3. The first kappa shape index (κ1) is 10.6. The molecule has 2 nitrogen and oxygen atoms in total. The lowest BCUT2D eigenvalue weighted by atomic mass is 9.95. The standard InChI is InChI=1S/C17H12O2/c18-15-8-7-14-12(15)5-6-13-11-4-2-1-3-10(11)9-16(19)17(13)14/h1-6,9,19H,7-8H2. The number of hydrogen-bond acceptors (Lipinski definition) is 2. The van der Waals surface area contributed by atoms with Gasteiger partial charge in [-0.3, -0.25) is 4.79 Å². The average molecular weight is 248 g/mol. The summed E-state index contributed by atoms with van der Waals surface area (Å²) < 4.78 is 0. The van der Waals surface area contributed by atoms with Crippen LogP contribution in [-0.2, 0) is 6.42 Å². The first-order valence-corrected chi connectivity index (χ1v) is 6.45. The van der Waals surface area contributed by atoms with Crippen molar-refractivity contribution in [1.29, 1.82) is 0 Å². The lowest BCUT2D eigenvalue weighted by Crippen LogP contribution is -1.91. The fourth-order valence-electron chi connectivity index (χ4n) is 3.15. The van der Waals surface area contributed by atoms with Crippen LogP contribution in [-0.4, -0.2) is 10.9 Å². The van der Waals surface area contributed by atoms with E-state index in [0.717, 1.165) is 39.1 Å². The molecule has 0 amide bonds. The summed E-state index contributed by atoms with van der Waals surface area (Å²) in [5.74, 6) is 0.463. The van der Waals surface area contributed by atoms with Gasteiger partial charge in [0.1, 0.15) is 5.75 Å². The normalized spacial score (nSPS) is 14.2. The smallest absolute Gasteiger partial charge is 0.163 e. The number of carbonyl (C=O) groups excluding carboxylic acids is 1. The van der Waals surface area contributed by atoms with Gasteiger partial charge in [0.25, 0.3) is 0 Å². The molecule has 4 rings (SSSR count). The third kappa shape index (κ3) is 1.34. The number of ketones is 1. The Morgan fingerprint density at radius 2 is 1.79 bits per heavy atom. The number of phenolic OH excluding ortho intramolecular Hbond substituents is 1. The van der Waals surface area contributed by atoms with Crippen LogP contribution >= 0.6 is 0 Å². The summed E-state index contributed by atoms with van der Waals surface area (Å²) in [6, 6.07) is 13.7. The predicted molar refractivity (Wildman–Crippen MR) is 75.8 cm³/mol. The second-order valence-corrected chi connectivity index (χ2v) is 5.05. The molecule has 2 heteroatoms. The molecule has 0 radical (unpaired) electrons. The van der Waals surface area contributed by atoms with Gasteiger partial charge in [0, 0.05) is 17.4 Å². The number of Topliss-reactive ketones (excluding diaryl/α,β-unsaturated/α-hetero) is 1. The van der Waals surface area contributed by atoms with Crippen LogP contribution in [0.4, 0.5) is 0 Å². The monoisotopic (exact) mass is 248 g/mol. The summed E-state index contributed by atoms with van der Waals surface area (Å²) in [6.07, 6.45) is 1.29. The van der Waals surface area contributed by atoms with Gasteiger partial charge in [-0.2, -0.15) is 0 Å². The molecule has 3 aromatic rings. The van der Waals surface area contributed by atoms with Gasteiger partial charge in [0.05, 0.1) is 0 Å². The molecule has 0 bridgehead atoms. The molecule has 0 spiro atoms. The number of aromatic hydroxyl groups is 1. The minimum Gasteiger partial charge on any atom is -0.507 e. The Labute approximate surface area is 110 Å². The van der Waals surface area contributed by atoms with E-state index in [1.807, 2.05) is 30.3 Å². The molecule has 0 aromatic heterocycles. The van der Waals surface area contributed by atoms with Crippen molar-refractivity contribution in [2.45, 2.75) is 12.8 Å². The fraction of sp³-hybridized carbons (Fsp3) is 0.118. The molecule has 0 aliphatic heterocycles. The molecule has 0 unspecified atom stereocenters. The maximum atomic E-state index is 11.8. The summed E-state index contributed by atoms with van der Waals surface area (Å²) >= 11 is 0. The number of hydrogen-bond donors (Lipinski definition) is 1. The number of aryl methyl sites for hydroxylation is 1. The second-order valence-electron chi connectivity index (χ2n) is 5.05. The zero-order chi connectivity index (χ0) is 13.0. The van der Waals surface area contributed by atoms with Gasteiger partial charge in [-0.05, 0) is 34.2 Å². The molecule has 92 valence electrons. The van der Waals surface area contributed by atoms with Gasteiger partial charge < -0.3 is 5.11 Å². The highest BCUT2D eigenvalue weighted by molar-refractivity contribution is 6.15. The van der Waals surface area contributed by atoms with Crippen LogP contribution in [0.15, 0.2) is 42.5 Å². The Hall–Kier alpha value is -2.35. The van der Waals surface area contributed by atoms with Crippen molar-refractivity contribution in [3.8, 4) is 5.75 Å². The van der Waals surface area contributed by atoms with Crippen LogP contribution in [0.2, 0.25) is 0 Å². The molecule has 0 saturated heterocycles. The SMILES string of the molecule is O=C1CCc2c1ccc1c2c(O)cc2ccccc21. The topological polar surface area (TPSA) is 37.3 Å². The van der Waals surface area contributed by atoms with Gasteiger partial charge in [-0.15, -0.1) is 0 Å². The molecule has 1 N–H and O–H groups in total. The van der Waals surface area contributed by atoms with Gasteiger partial charge in [0.15, 0.2) is 5.78 Å². The number of fused-ring (bicyclic) bond motifs is 5. The molecule has 0 heterocycles. The maximum absolute atomic E-state index is 11.8. The Morgan fingerprint density at radius 3 is 2.68 bits per heavy atom. The lowest BCUT2D eigenvalue weighted by Gasteiger charge is -2.10. The van der Waals surface area contributed by atoms with E-state index in [4.69, 9.17) is 0 Å². The summed E-state index contributed by atoms with van der Waals surface area (Å²) in [7, 11) is 0. The molecule has 0 atom stereocenters. The van der Waals surface area contributed by atoms with Gasteiger partial charge in [0.2, 0.25) is 0 Å². The second kappa shape index (κ2) is 3.58. The van der Waals surface area contributed by atoms with E-state index in [-0.39, 0.29) is 11.5 Å². The predicted octanol–water partition coefficient (Wildman–Crippen LogP) is 3.83. The van der Waals surface area contributed by atoms with E-state index in [1.54, 1.807) is 6.07 Å². The average Bonchev–Trinajstić information content (AvgIpc) is 2.80. The third-order valence-electron chi connectivity index (χ3n) is 4.01. The van der Waals surface area contributed by atoms with Crippen LogP contribution < -0.4 is 0 Å². The number of benzene rings is 3. The van der Waals surface area contributed by atoms with Crippen molar-refractivity contribution in [3.63, 3.8) is 0 Å². The van der Waals surface area contributed by atoms with Gasteiger partial charge >= 0.3 is 0 Å². The summed E-state index contributed by atoms with van der Waals surface area (Å²) in [4.78, 5) is 11.8. The number of phenols is 1. The lowest BCUT2D eigenvalue weighted by molar-refractivity contribution is 0.0994. The van der Waals surface area contributed by atoms with E-state index in [1.165, 1.54) is 0 Å². The number of rotatable bonds is 0. The molecule has 1 aliphatic rings. The highest BCUT2D eigenvalue weighted by Gasteiger charge is 2.23. The fourth-order valence-corrected chi connectivity index (χ4v) is 3.15. The first-order chi connectivity index (χ1) is 9.25. The van der Waals surface area contributed by atoms with Crippen LogP contribution in [0.25, 0.3) is 21.5 Å². The first-order valence-electron chi connectivity index (χ1n) is 6.45. The van der Waals surface area contributed by atoms with E-state index in [2.05, 4.69) is 6.07 Å². The van der Waals surface area contributed by atoms with E-state index in [9.17, 15) is 9.90 Å². The Bertz CT molecular complexity index is 847. The Kier molecular flexibility index (Phi) is 1.99. The molecule has 1 aliphatic carbocycles. The number of carbonyl (C=O) groups is 1. The summed E-state index contributed by atoms with van der Waals surface area (Å²) in [6.45, 7) is 0. The van der Waals surface area contributed by atoms with Crippen molar-refractivity contribution >= 4 is 27.3 Å². The zero-order valence-electron chi connectivity index (χ0n) is 10.3. The summed E-state index contributed by atoms with van der Waals surface area (Å²) in [5.41, 5.74) is 1.78. The largest absolute Gasteiger partial charge is 0.507 e. The zero-order valence-corrected chi connectivity index (χ0v) is 10.3. The van der Waals surface area contributed by atoms with E-state index in [0.29, 0.717) is 6.42 Å². The summed E-state index contributed by atoms with van der Waals surface area (Å²) in [5, 5.41) is 14.3. The van der Waals surface area contributed by atoms with Crippen molar-refractivity contribution in [1.82, 2.24) is 0 Å². The molecule has 0 fully saturated rings. The van der Waals surface area contributed by atoms with Crippen molar-refractivity contribution < 1.29 is 9.90 Å². The van der Waals surface area contributed by atoms with Crippen LogP contribution in [0.5, 0.6) is 5.75 Å². The van der Waals surface area contributed by atoms with E-state index < -0.39 is 0 Å². The highest BCUT2D eigenvalue weighted by Crippen LogP contribution is 2.39. The van der Waals surface area contributed by atoms with Crippen LogP contribution in [0.1, 0.15) is 22.3 Å². The minimum atomic E-state index is 0.185. The maximum Gasteiger partial charge on any atom is 0.163 e. The van der Waals surface area contributed by atoms with Crippen molar-refractivity contribution in [2.75, 3.05) is 0 Å². The van der Waals surface area contributed by atoms with Crippen molar-refractivity contribution in [3.05, 3.63) is 53.6 Å². The van der Waals surface area contributed by atoms with E-state index >= 15 is 0 Å². The van der Waals surface area contributed by atoms with Crippen molar-refractivity contribution in [2.24, 2.45) is 0 Å². The molecular formula is C17H12O2. The van der Waals surface area contributed by atoms with Crippen LogP contribution in [0.3, 0.4) is 0 Å². The minimum absolute atomic E-state index is 0.185. The quantitative estimate of drug-likeness (QED) is 0.614. The molecule has 0 saturated carbocycles. The molecule has 3 aromatic carbocycles. The van der Waals surface area contributed by atoms with Gasteiger partial charge in [-0.1, -0.05) is 36.4 Å². The molecule has 19 heavy (non-hydrogen) atoms. The third-order valence-corrected chi connectivity index (χ3v) is 4.01. The molecular weight excluding hydrogens is 236 g/mol. The van der Waals surface area contributed by atoms with Crippen LogP contribution in [0, 0.1) is 0 Å². The van der Waals surface area contributed by atoms with Gasteiger partial charge in [-0.25, -0.2) is 0 Å². The Morgan fingerprint density at radius 1 is 0.947 bits per heavy atom. The Balaban J connectivity index is 2.25.